The van der Waals surface area contributed by atoms with Gasteiger partial charge in [-0.2, -0.15) is 0 Å². The van der Waals surface area contributed by atoms with Gasteiger partial charge < -0.3 is 4.98 Å². The zero-order valence-corrected chi connectivity index (χ0v) is 12.7. The number of thiazole rings is 1. The van der Waals surface area contributed by atoms with E-state index in [1.54, 1.807) is 9.95 Å². The summed E-state index contributed by atoms with van der Waals surface area (Å²) in [6, 6.07) is 7.34. The van der Waals surface area contributed by atoms with Crippen LogP contribution in [0.1, 0.15) is 6.42 Å². The molecule has 0 radical (unpaired) electrons. The second-order valence-corrected chi connectivity index (χ2v) is 7.75. The molecule has 3 aromatic rings. The van der Waals surface area contributed by atoms with Crippen molar-refractivity contribution in [2.24, 2.45) is 0 Å². The lowest BCUT2D eigenvalue weighted by Crippen LogP contribution is -2.18. The van der Waals surface area contributed by atoms with Crippen LogP contribution < -0.4 is 5.69 Å². The molecule has 0 aliphatic carbocycles. The minimum absolute atomic E-state index is 0.0214. The van der Waals surface area contributed by atoms with Crippen molar-refractivity contribution >= 4 is 32.2 Å². The van der Waals surface area contributed by atoms with Gasteiger partial charge in [0.1, 0.15) is 0 Å². The van der Waals surface area contributed by atoms with Gasteiger partial charge in [0.25, 0.3) is 0 Å². The summed E-state index contributed by atoms with van der Waals surface area (Å²) in [5.74, 6) is -0.0214. The lowest BCUT2D eigenvalue weighted by molar-refractivity contribution is 0.585. The number of benzene rings is 1. The Hall–Kier alpha value is -1.93. The molecule has 110 valence electrons. The molecule has 1 aromatic carbocycles. The average Bonchev–Trinajstić information content (AvgIpc) is 3.08. The minimum Gasteiger partial charge on any atom is -0.306 e. The molecular formula is C13H13N3O3S2. The maximum absolute atomic E-state index is 12.0. The van der Waals surface area contributed by atoms with E-state index in [4.69, 9.17) is 0 Å². The number of imidazole rings is 1. The highest BCUT2D eigenvalue weighted by Crippen LogP contribution is 2.15. The lowest BCUT2D eigenvalue weighted by Gasteiger charge is -2.03. The highest BCUT2D eigenvalue weighted by atomic mass is 32.2. The number of hydrogen-bond acceptors (Lipinski definition) is 5. The fourth-order valence-electron chi connectivity index (χ4n) is 2.19. The summed E-state index contributed by atoms with van der Waals surface area (Å²) in [5, 5.41) is 1.64. The van der Waals surface area contributed by atoms with E-state index >= 15 is 0 Å². The Kier molecular flexibility index (Phi) is 3.64. The van der Waals surface area contributed by atoms with Gasteiger partial charge in [0.2, 0.25) is 14.2 Å². The Bertz CT molecular complexity index is 908. The van der Waals surface area contributed by atoms with Gasteiger partial charge in [-0.3, -0.25) is 4.57 Å². The van der Waals surface area contributed by atoms with E-state index in [2.05, 4.69) is 9.97 Å². The first-order valence-corrected chi connectivity index (χ1v) is 8.91. The second-order valence-electron chi connectivity index (χ2n) is 4.57. The van der Waals surface area contributed by atoms with E-state index in [1.807, 2.05) is 24.3 Å². The van der Waals surface area contributed by atoms with Crippen molar-refractivity contribution in [1.29, 1.82) is 0 Å². The fraction of sp³-hybridized carbons (Fsp3) is 0.231. The zero-order chi connectivity index (χ0) is 14.9. The summed E-state index contributed by atoms with van der Waals surface area (Å²) in [6.45, 7) is 0.355. The summed E-state index contributed by atoms with van der Waals surface area (Å²) in [7, 11) is -3.35. The highest BCUT2D eigenvalue weighted by Gasteiger charge is 2.17. The van der Waals surface area contributed by atoms with Crippen molar-refractivity contribution < 1.29 is 8.42 Å². The van der Waals surface area contributed by atoms with Crippen LogP contribution in [0.2, 0.25) is 0 Å². The van der Waals surface area contributed by atoms with Crippen molar-refractivity contribution in [3.63, 3.8) is 0 Å². The van der Waals surface area contributed by atoms with E-state index in [-0.39, 0.29) is 15.8 Å². The molecule has 0 aliphatic rings. The maximum Gasteiger partial charge on any atom is 0.326 e. The smallest absolute Gasteiger partial charge is 0.306 e. The molecule has 3 rings (SSSR count). The maximum atomic E-state index is 12.0. The average molecular weight is 323 g/mol. The topological polar surface area (TPSA) is 84.8 Å². The van der Waals surface area contributed by atoms with Gasteiger partial charge in [0.05, 0.1) is 16.8 Å². The number of sulfone groups is 1. The molecule has 0 unspecified atom stereocenters. The molecule has 0 bridgehead atoms. The molecule has 21 heavy (non-hydrogen) atoms. The molecule has 0 fully saturated rings. The number of rotatable bonds is 5. The number of para-hydroxylation sites is 2. The van der Waals surface area contributed by atoms with Crippen LogP contribution in [0, 0.1) is 0 Å². The van der Waals surface area contributed by atoms with Crippen LogP contribution in [0.15, 0.2) is 45.0 Å². The zero-order valence-electron chi connectivity index (χ0n) is 11.0. The largest absolute Gasteiger partial charge is 0.326 e. The first kappa shape index (κ1) is 14.0. The molecule has 0 aliphatic heterocycles. The first-order valence-electron chi connectivity index (χ1n) is 6.38. The van der Waals surface area contributed by atoms with Gasteiger partial charge in [-0.25, -0.2) is 18.2 Å². The number of fused-ring (bicyclic) bond motifs is 1. The van der Waals surface area contributed by atoms with Crippen molar-refractivity contribution in [3.05, 3.63) is 46.3 Å². The second kappa shape index (κ2) is 5.45. The number of nitrogens with one attached hydrogen (secondary N) is 1. The van der Waals surface area contributed by atoms with Crippen molar-refractivity contribution in [2.75, 3.05) is 5.75 Å². The van der Waals surface area contributed by atoms with Crippen molar-refractivity contribution in [2.45, 2.75) is 17.3 Å². The van der Waals surface area contributed by atoms with Crippen LogP contribution in [0.25, 0.3) is 11.0 Å². The van der Waals surface area contributed by atoms with Crippen LogP contribution in [-0.4, -0.2) is 28.7 Å². The van der Waals surface area contributed by atoms with E-state index in [9.17, 15) is 13.2 Å². The van der Waals surface area contributed by atoms with Gasteiger partial charge >= 0.3 is 5.69 Å². The Morgan fingerprint density at radius 3 is 2.86 bits per heavy atom. The predicted octanol–water partition coefficient (Wildman–Crippen LogP) is 1.65. The summed E-state index contributed by atoms with van der Waals surface area (Å²) >= 11 is 1.11. The van der Waals surface area contributed by atoms with E-state index < -0.39 is 9.84 Å². The summed E-state index contributed by atoms with van der Waals surface area (Å²) < 4.78 is 25.7. The van der Waals surface area contributed by atoms with Crippen LogP contribution in [-0.2, 0) is 16.4 Å². The predicted molar refractivity (Wildman–Crippen MR) is 81.3 cm³/mol. The normalized spacial score (nSPS) is 12.0. The van der Waals surface area contributed by atoms with Gasteiger partial charge in [0, 0.05) is 18.1 Å². The monoisotopic (exact) mass is 323 g/mol. The number of aromatic amines is 1. The quantitative estimate of drug-likeness (QED) is 0.773. The summed E-state index contributed by atoms with van der Waals surface area (Å²) in [6.07, 6.45) is 1.84. The molecule has 0 amide bonds. The number of aromatic nitrogens is 3. The molecule has 0 saturated carbocycles. The summed E-state index contributed by atoms with van der Waals surface area (Å²) in [4.78, 5) is 18.4. The lowest BCUT2D eigenvalue weighted by atomic mass is 10.3. The molecule has 2 aromatic heterocycles. The Labute approximate surface area is 125 Å². The Morgan fingerprint density at radius 2 is 2.10 bits per heavy atom. The molecule has 1 N–H and O–H groups in total. The third kappa shape index (κ3) is 2.77. The highest BCUT2D eigenvalue weighted by molar-refractivity contribution is 7.93. The Morgan fingerprint density at radius 1 is 1.29 bits per heavy atom. The minimum atomic E-state index is -3.35. The SMILES string of the molecule is O=c1[nH]c2ccccc2n1CCCS(=O)(=O)c1nccs1. The third-order valence-electron chi connectivity index (χ3n) is 3.15. The Balaban J connectivity index is 1.76. The number of H-pyrrole nitrogens is 1. The van der Waals surface area contributed by atoms with E-state index in [0.717, 1.165) is 22.4 Å². The molecule has 2 heterocycles. The van der Waals surface area contributed by atoms with E-state index in [0.29, 0.717) is 13.0 Å². The molecule has 8 heteroatoms. The molecule has 0 spiro atoms. The molecule has 6 nitrogen and oxygen atoms in total. The number of aryl methyl sites for hydroxylation is 1. The summed E-state index contributed by atoms with van der Waals surface area (Å²) in [5.41, 5.74) is 1.32. The fourth-order valence-corrected chi connectivity index (χ4v) is 4.46. The van der Waals surface area contributed by atoms with Crippen LogP contribution in [0.3, 0.4) is 0 Å². The molecular weight excluding hydrogens is 310 g/mol. The van der Waals surface area contributed by atoms with Gasteiger partial charge in [-0.05, 0) is 18.6 Å². The molecule has 0 saturated heterocycles. The number of nitrogens with zero attached hydrogens (tertiary/aromatic N) is 2. The third-order valence-corrected chi connectivity index (χ3v) is 6.23. The molecule has 0 atom stereocenters. The van der Waals surface area contributed by atoms with Gasteiger partial charge in [0.15, 0.2) is 0 Å². The standard InChI is InChI=1S/C13H13N3O3S2/c17-12-15-10-4-1-2-5-11(10)16(12)7-3-9-21(18,19)13-14-6-8-20-13/h1-2,4-6,8H,3,7,9H2,(H,15,17). The van der Waals surface area contributed by atoms with Crippen molar-refractivity contribution in [3.8, 4) is 0 Å². The van der Waals surface area contributed by atoms with Crippen LogP contribution in [0.4, 0.5) is 0 Å². The van der Waals surface area contributed by atoms with E-state index in [1.165, 1.54) is 6.20 Å². The first-order chi connectivity index (χ1) is 10.1. The van der Waals surface area contributed by atoms with Crippen LogP contribution >= 0.6 is 11.3 Å². The number of hydrogen-bond donors (Lipinski definition) is 1. The van der Waals surface area contributed by atoms with Crippen molar-refractivity contribution in [1.82, 2.24) is 14.5 Å². The van der Waals surface area contributed by atoms with Crippen LogP contribution in [0.5, 0.6) is 0 Å². The van der Waals surface area contributed by atoms with Gasteiger partial charge in [-0.1, -0.05) is 12.1 Å². The van der Waals surface area contributed by atoms with Gasteiger partial charge in [-0.15, -0.1) is 11.3 Å².